The number of hydrogen-bond donors (Lipinski definition) is 0. The van der Waals surface area contributed by atoms with Crippen LogP contribution in [0.5, 0.6) is 0 Å². The van der Waals surface area contributed by atoms with Crippen molar-refractivity contribution in [3.63, 3.8) is 0 Å². The molecule has 1 aliphatic carbocycles. The Bertz CT molecular complexity index is 108. The molecule has 5 heteroatoms. The molecule has 0 aromatic rings. The molecule has 0 aromatic heterocycles. The van der Waals surface area contributed by atoms with Gasteiger partial charge in [-0.05, 0) is 0 Å². The molecule has 0 amide bonds. The van der Waals surface area contributed by atoms with Crippen LogP contribution in [0.25, 0.3) is 0 Å². The molecule has 0 heterocycles. The zero-order chi connectivity index (χ0) is 6.58. The van der Waals surface area contributed by atoms with Crippen molar-refractivity contribution in [1.82, 2.24) is 0 Å². The fourth-order valence-corrected chi connectivity index (χ4v) is 0.794. The average molecular weight is 165 g/mol. The van der Waals surface area contributed by atoms with Gasteiger partial charge in [-0.2, -0.15) is 8.78 Å². The minimum absolute atomic E-state index is 1.85. The molecule has 1 aliphatic rings. The van der Waals surface area contributed by atoms with Gasteiger partial charge in [0, 0.05) is 0 Å². The third kappa shape index (κ3) is 0.490. The van der Waals surface area contributed by atoms with E-state index in [1.54, 1.807) is 0 Å². The van der Waals surface area contributed by atoms with Gasteiger partial charge in [-0.3, -0.25) is 0 Å². The van der Waals surface area contributed by atoms with E-state index in [0.29, 0.717) is 0 Å². The highest BCUT2D eigenvalue weighted by Crippen LogP contribution is 2.61. The molecule has 0 N–H and O–H groups in total. The van der Waals surface area contributed by atoms with Crippen LogP contribution >= 0.6 is 23.2 Å². The summed E-state index contributed by atoms with van der Waals surface area (Å²) >= 11 is 9.25. The number of rotatable bonds is 0. The molecule has 2 unspecified atom stereocenters. The van der Waals surface area contributed by atoms with Crippen molar-refractivity contribution in [3.8, 4) is 0 Å². The van der Waals surface area contributed by atoms with E-state index < -0.39 is 16.4 Å². The molecule has 0 nitrogen and oxygen atoms in total. The highest BCUT2D eigenvalue weighted by atomic mass is 35.5. The van der Waals surface area contributed by atoms with Crippen molar-refractivity contribution in [2.75, 3.05) is 0 Å². The van der Waals surface area contributed by atoms with Crippen molar-refractivity contribution >= 4 is 23.2 Å². The lowest BCUT2D eigenvalue weighted by Crippen LogP contribution is -2.01. The van der Waals surface area contributed by atoms with Crippen molar-refractivity contribution < 1.29 is 13.2 Å². The summed E-state index contributed by atoms with van der Waals surface area (Å²) < 4.78 is 35.2. The molecule has 0 bridgehead atoms. The summed E-state index contributed by atoms with van der Waals surface area (Å²) in [6, 6.07) is 0. The van der Waals surface area contributed by atoms with Gasteiger partial charge in [0.2, 0.25) is 0 Å². The van der Waals surface area contributed by atoms with Crippen LogP contribution in [0.4, 0.5) is 13.2 Å². The smallest absolute Gasteiger partial charge is 0.217 e. The Morgan fingerprint density at radius 3 is 1.38 bits per heavy atom. The van der Waals surface area contributed by atoms with Crippen LogP contribution in [0.2, 0.25) is 0 Å². The zero-order valence-corrected chi connectivity index (χ0v) is 4.98. The second kappa shape index (κ2) is 1.27. The maximum atomic E-state index is 11.9. The van der Waals surface area contributed by atoms with E-state index in [-0.39, 0.29) is 0 Å². The van der Waals surface area contributed by atoms with Crippen LogP contribution in [-0.4, -0.2) is 16.4 Å². The Hall–Kier alpha value is 0.370. The average Bonchev–Trinajstić information content (AvgIpc) is 1.88. The molecule has 1 fully saturated rings. The first-order valence-corrected chi connectivity index (χ1v) is 2.62. The summed E-state index contributed by atoms with van der Waals surface area (Å²) in [6.07, 6.45) is 0. The molecule has 0 spiro atoms. The van der Waals surface area contributed by atoms with Gasteiger partial charge in [0.05, 0.1) is 0 Å². The Kier molecular flexibility index (Phi) is 1.03. The molecule has 1 saturated carbocycles. The first kappa shape index (κ1) is 6.49. The second-order valence-corrected chi connectivity index (χ2v) is 2.59. The first-order valence-electron chi connectivity index (χ1n) is 1.80. The number of halogens is 5. The molecular weight excluding hydrogens is 164 g/mol. The quantitative estimate of drug-likeness (QED) is 0.482. The van der Waals surface area contributed by atoms with Crippen LogP contribution in [0.15, 0.2) is 0 Å². The van der Waals surface area contributed by atoms with E-state index in [1.807, 2.05) is 0 Å². The van der Waals surface area contributed by atoms with Crippen LogP contribution in [-0.2, 0) is 0 Å². The van der Waals surface area contributed by atoms with Crippen LogP contribution in [0, 0.1) is 0 Å². The van der Waals surface area contributed by atoms with Gasteiger partial charge in [0.1, 0.15) is 0 Å². The lowest BCUT2D eigenvalue weighted by Gasteiger charge is -1.88. The Morgan fingerprint density at radius 1 is 1.25 bits per heavy atom. The van der Waals surface area contributed by atoms with E-state index in [1.165, 1.54) is 0 Å². The minimum atomic E-state index is -3.53. The lowest BCUT2D eigenvalue weighted by molar-refractivity contribution is 0.0749. The third-order valence-electron chi connectivity index (χ3n) is 0.998. The minimum Gasteiger partial charge on any atom is -0.217 e. The van der Waals surface area contributed by atoms with Gasteiger partial charge in [-0.25, -0.2) is 4.39 Å². The van der Waals surface area contributed by atoms with E-state index in [2.05, 4.69) is 11.6 Å². The van der Waals surface area contributed by atoms with Crippen molar-refractivity contribution in [2.45, 2.75) is 16.4 Å². The highest BCUT2D eigenvalue weighted by Gasteiger charge is 2.82. The summed E-state index contributed by atoms with van der Waals surface area (Å²) in [5, 5.41) is -4.84. The van der Waals surface area contributed by atoms with E-state index in [9.17, 15) is 13.2 Å². The predicted octanol–water partition coefficient (Wildman–Crippen LogP) is 2.15. The van der Waals surface area contributed by atoms with Gasteiger partial charge in [-0.15, -0.1) is 11.6 Å². The molecule has 8 heavy (non-hydrogen) atoms. The van der Waals surface area contributed by atoms with Crippen molar-refractivity contribution in [1.29, 1.82) is 0 Å². The summed E-state index contributed by atoms with van der Waals surface area (Å²) in [7, 11) is 0. The van der Waals surface area contributed by atoms with Gasteiger partial charge < -0.3 is 0 Å². The van der Waals surface area contributed by atoms with Crippen molar-refractivity contribution in [3.05, 3.63) is 0 Å². The molecule has 2 atom stereocenters. The topological polar surface area (TPSA) is 0 Å². The molecule has 0 aliphatic heterocycles. The molecule has 48 valence electrons. The third-order valence-corrected chi connectivity index (χ3v) is 2.15. The molecule has 0 aromatic carbocycles. The van der Waals surface area contributed by atoms with Crippen molar-refractivity contribution in [2.24, 2.45) is 0 Å². The fourth-order valence-electron chi connectivity index (χ4n) is 0.306. The van der Waals surface area contributed by atoms with E-state index >= 15 is 0 Å². The monoisotopic (exact) mass is 164 g/mol. The number of alkyl halides is 5. The van der Waals surface area contributed by atoms with Gasteiger partial charge in [0.15, 0.2) is 5.38 Å². The number of hydrogen-bond acceptors (Lipinski definition) is 0. The maximum absolute atomic E-state index is 11.9. The molecular formula is C3HCl2F3. The molecule has 0 saturated heterocycles. The summed E-state index contributed by atoms with van der Waals surface area (Å²) in [6.45, 7) is 0. The Morgan fingerprint density at radius 2 is 1.38 bits per heavy atom. The Balaban J connectivity index is 2.72. The highest BCUT2D eigenvalue weighted by molar-refractivity contribution is 6.37. The Labute approximate surface area is 53.6 Å². The normalized spacial score (nSPS) is 51.4. The first-order chi connectivity index (χ1) is 3.40. The second-order valence-electron chi connectivity index (χ2n) is 1.61. The summed E-state index contributed by atoms with van der Waals surface area (Å²) in [4.78, 5) is 0. The fraction of sp³-hybridized carbons (Fsp3) is 1.00. The van der Waals surface area contributed by atoms with Gasteiger partial charge in [-0.1, -0.05) is 11.6 Å². The lowest BCUT2D eigenvalue weighted by atomic mass is 10.8. The molecule has 1 rings (SSSR count). The van der Waals surface area contributed by atoms with Gasteiger partial charge >= 0.3 is 5.92 Å². The van der Waals surface area contributed by atoms with Crippen LogP contribution < -0.4 is 0 Å². The van der Waals surface area contributed by atoms with E-state index in [0.717, 1.165) is 0 Å². The van der Waals surface area contributed by atoms with Gasteiger partial charge in [0.25, 0.3) is 5.13 Å². The summed E-state index contributed by atoms with van der Waals surface area (Å²) in [5.74, 6) is -3.53. The van der Waals surface area contributed by atoms with Crippen LogP contribution in [0.3, 0.4) is 0 Å². The summed E-state index contributed by atoms with van der Waals surface area (Å²) in [5.41, 5.74) is 0. The molecule has 0 radical (unpaired) electrons. The van der Waals surface area contributed by atoms with E-state index in [4.69, 9.17) is 11.6 Å². The predicted molar refractivity (Wildman–Crippen MR) is 24.3 cm³/mol. The standard InChI is InChI=1S/C3HCl2F3/c4-1-2(5,6)3(1,7)8/h1H. The SMILES string of the molecule is FC1(F)C(Cl)C1(F)Cl. The largest absolute Gasteiger partial charge is 0.317 e. The maximum Gasteiger partial charge on any atom is 0.317 e. The van der Waals surface area contributed by atoms with Crippen LogP contribution in [0.1, 0.15) is 0 Å². The zero-order valence-electron chi connectivity index (χ0n) is 3.47.